The maximum absolute atomic E-state index is 13.7. The smallest absolute Gasteiger partial charge is 0.254 e. The molecule has 2 aliphatic rings. The third kappa shape index (κ3) is 4.77. The van der Waals surface area contributed by atoms with Crippen LogP contribution in [-0.2, 0) is 15.1 Å². The molecule has 1 unspecified atom stereocenters. The van der Waals surface area contributed by atoms with Crippen LogP contribution in [0.5, 0.6) is 0 Å². The van der Waals surface area contributed by atoms with Crippen molar-refractivity contribution < 1.29 is 9.59 Å². The molecule has 3 nitrogen and oxygen atoms in total. The van der Waals surface area contributed by atoms with Crippen molar-refractivity contribution in [1.29, 1.82) is 0 Å². The number of carbonyl (C=O) groups excluding carboxylic acids is 2. The van der Waals surface area contributed by atoms with Gasteiger partial charge in [-0.05, 0) is 56.4 Å². The number of Topliss-reactive ketones (excluding diaryl/α,β-unsaturated/α-hetero) is 1. The summed E-state index contributed by atoms with van der Waals surface area (Å²) in [7, 11) is 0. The van der Waals surface area contributed by atoms with Gasteiger partial charge in [-0.25, -0.2) is 0 Å². The summed E-state index contributed by atoms with van der Waals surface area (Å²) in [4.78, 5) is 29.1. The summed E-state index contributed by atoms with van der Waals surface area (Å²) in [5.41, 5.74) is 2.82. The van der Waals surface area contributed by atoms with Crippen molar-refractivity contribution in [3.63, 3.8) is 0 Å². The number of hydrogen-bond acceptors (Lipinski definition) is 2. The second kappa shape index (κ2) is 10.3. The number of likely N-dealkylation sites (tertiary alicyclic amines) is 1. The predicted octanol–water partition coefficient (Wildman–Crippen LogP) is 6.70. The Morgan fingerprint density at radius 3 is 2.52 bits per heavy atom. The first-order chi connectivity index (χ1) is 15.0. The van der Waals surface area contributed by atoms with E-state index >= 15 is 0 Å². The maximum Gasteiger partial charge on any atom is 0.254 e. The molecule has 1 fully saturated rings. The normalized spacial score (nSPS) is 21.7. The van der Waals surface area contributed by atoms with E-state index in [1.807, 2.05) is 61.2 Å². The molecule has 3 rings (SSSR count). The molecule has 1 atom stereocenters. The van der Waals surface area contributed by atoms with Crippen LogP contribution in [0, 0.1) is 0 Å². The van der Waals surface area contributed by atoms with Crippen molar-refractivity contribution in [2.45, 2.75) is 64.8 Å². The highest BCUT2D eigenvalue weighted by atomic mass is 35.5. The van der Waals surface area contributed by atoms with Crippen LogP contribution in [-0.4, -0.2) is 23.1 Å². The Hall–Kier alpha value is -2.39. The van der Waals surface area contributed by atoms with E-state index in [-0.39, 0.29) is 18.1 Å². The van der Waals surface area contributed by atoms with Gasteiger partial charge in [-0.15, -0.1) is 0 Å². The van der Waals surface area contributed by atoms with Crippen LogP contribution < -0.4 is 0 Å². The molecule has 1 aromatic rings. The largest absolute Gasteiger partial charge is 0.328 e. The van der Waals surface area contributed by atoms with Gasteiger partial charge in [0, 0.05) is 35.6 Å². The molecule has 31 heavy (non-hydrogen) atoms. The number of ketones is 1. The van der Waals surface area contributed by atoms with Gasteiger partial charge in [0.05, 0.1) is 5.54 Å². The molecule has 0 bridgehead atoms. The molecule has 1 saturated heterocycles. The summed E-state index contributed by atoms with van der Waals surface area (Å²) in [6.07, 6.45) is 14.4. The lowest BCUT2D eigenvalue weighted by molar-refractivity contribution is -0.137. The van der Waals surface area contributed by atoms with Crippen LogP contribution in [0.25, 0.3) is 0 Å². The second-order valence-corrected chi connectivity index (χ2v) is 8.73. The SMILES string of the molecule is C/C=C\C(=C/C)C(=O)CC1(c2ccc(Cl)cc2)CC2=CCCC=C2C(=O)N1CCCC. The van der Waals surface area contributed by atoms with Crippen LogP contribution in [0.2, 0.25) is 5.02 Å². The summed E-state index contributed by atoms with van der Waals surface area (Å²) in [5, 5.41) is 0.646. The van der Waals surface area contributed by atoms with E-state index in [4.69, 9.17) is 11.6 Å². The highest BCUT2D eigenvalue weighted by Gasteiger charge is 2.48. The van der Waals surface area contributed by atoms with Gasteiger partial charge in [0.25, 0.3) is 5.91 Å². The average molecular weight is 438 g/mol. The third-order valence-electron chi connectivity index (χ3n) is 6.28. The standard InChI is InChI=1S/C27H32ClNO2/c1-4-7-17-29-26(31)24-12-9-8-11-21(24)18-27(29,22-13-15-23(28)16-14-22)19-25(30)20(6-3)10-5-2/h5-6,10-16H,4,7-9,17-19H2,1-3H3/b10-5-,20-6+. The number of amides is 1. The topological polar surface area (TPSA) is 37.4 Å². The molecule has 1 aliphatic heterocycles. The Morgan fingerprint density at radius 1 is 1.16 bits per heavy atom. The summed E-state index contributed by atoms with van der Waals surface area (Å²) in [6, 6.07) is 7.67. The van der Waals surface area contributed by atoms with Crippen LogP contribution in [0.3, 0.4) is 0 Å². The fourth-order valence-electron chi connectivity index (χ4n) is 4.68. The number of piperidine rings is 1. The van der Waals surface area contributed by atoms with Crippen molar-refractivity contribution in [3.05, 3.63) is 82.0 Å². The summed E-state index contributed by atoms with van der Waals surface area (Å²) in [6.45, 7) is 6.55. The van der Waals surface area contributed by atoms with E-state index in [1.54, 1.807) is 0 Å². The first-order valence-corrected chi connectivity index (χ1v) is 11.6. The van der Waals surface area contributed by atoms with Gasteiger partial charge in [0.15, 0.2) is 5.78 Å². The molecule has 0 spiro atoms. The lowest BCUT2D eigenvalue weighted by atomic mass is 9.71. The fraction of sp³-hybridized carbons (Fsp3) is 0.407. The van der Waals surface area contributed by atoms with Gasteiger partial charge < -0.3 is 4.90 Å². The number of nitrogens with zero attached hydrogens (tertiary/aromatic N) is 1. The van der Waals surface area contributed by atoms with Gasteiger partial charge in [-0.2, -0.15) is 0 Å². The molecule has 1 aliphatic carbocycles. The Morgan fingerprint density at radius 2 is 1.87 bits per heavy atom. The highest BCUT2D eigenvalue weighted by Crippen LogP contribution is 2.47. The number of halogens is 1. The fourth-order valence-corrected chi connectivity index (χ4v) is 4.80. The van der Waals surface area contributed by atoms with Gasteiger partial charge in [-0.1, -0.05) is 67.5 Å². The molecule has 0 aromatic heterocycles. The van der Waals surface area contributed by atoms with E-state index in [2.05, 4.69) is 19.1 Å². The van der Waals surface area contributed by atoms with Crippen molar-refractivity contribution in [2.75, 3.05) is 6.54 Å². The van der Waals surface area contributed by atoms with Gasteiger partial charge in [-0.3, -0.25) is 9.59 Å². The number of benzene rings is 1. The maximum atomic E-state index is 13.7. The van der Waals surface area contributed by atoms with Gasteiger partial charge in [0.2, 0.25) is 0 Å². The third-order valence-corrected chi connectivity index (χ3v) is 6.53. The number of fused-ring (bicyclic) bond motifs is 1. The van der Waals surface area contributed by atoms with E-state index in [9.17, 15) is 9.59 Å². The highest BCUT2D eigenvalue weighted by molar-refractivity contribution is 6.30. The van der Waals surface area contributed by atoms with Crippen LogP contribution in [0.4, 0.5) is 0 Å². The van der Waals surface area contributed by atoms with Crippen LogP contribution in [0.1, 0.15) is 64.9 Å². The summed E-state index contributed by atoms with van der Waals surface area (Å²) < 4.78 is 0. The molecule has 1 heterocycles. The number of rotatable bonds is 8. The molecular formula is C27H32ClNO2. The van der Waals surface area contributed by atoms with Crippen LogP contribution >= 0.6 is 11.6 Å². The van der Waals surface area contributed by atoms with Crippen molar-refractivity contribution >= 4 is 23.3 Å². The molecule has 4 heteroatoms. The molecule has 1 aromatic carbocycles. The Labute approximate surface area is 191 Å². The van der Waals surface area contributed by atoms with E-state index in [0.29, 0.717) is 23.6 Å². The zero-order valence-corrected chi connectivity index (χ0v) is 19.5. The first kappa shape index (κ1) is 23.3. The Balaban J connectivity index is 2.16. The summed E-state index contributed by atoms with van der Waals surface area (Å²) >= 11 is 6.19. The van der Waals surface area contributed by atoms with Crippen LogP contribution in [0.15, 0.2) is 71.4 Å². The lowest BCUT2D eigenvalue weighted by Gasteiger charge is -2.49. The predicted molar refractivity (Wildman–Crippen MR) is 128 cm³/mol. The van der Waals surface area contributed by atoms with Gasteiger partial charge in [0.1, 0.15) is 0 Å². The van der Waals surface area contributed by atoms with Gasteiger partial charge >= 0.3 is 0 Å². The van der Waals surface area contributed by atoms with Crippen molar-refractivity contribution in [2.24, 2.45) is 0 Å². The van der Waals surface area contributed by atoms with E-state index in [0.717, 1.165) is 42.4 Å². The molecule has 0 saturated carbocycles. The second-order valence-electron chi connectivity index (χ2n) is 8.29. The first-order valence-electron chi connectivity index (χ1n) is 11.3. The molecular weight excluding hydrogens is 406 g/mol. The number of carbonyl (C=O) groups is 2. The minimum absolute atomic E-state index is 0.0430. The zero-order valence-electron chi connectivity index (χ0n) is 18.8. The quantitative estimate of drug-likeness (QED) is 0.335. The lowest BCUT2D eigenvalue weighted by Crippen LogP contribution is -2.55. The Kier molecular flexibility index (Phi) is 7.72. The molecule has 164 valence electrons. The summed E-state index contributed by atoms with van der Waals surface area (Å²) in [5.74, 6) is 0.0927. The number of allylic oxidation sites excluding steroid dienone is 6. The van der Waals surface area contributed by atoms with Crippen molar-refractivity contribution in [1.82, 2.24) is 4.90 Å². The Bertz CT molecular complexity index is 952. The minimum atomic E-state index is -0.718. The minimum Gasteiger partial charge on any atom is -0.328 e. The molecule has 0 N–H and O–H groups in total. The number of unbranched alkanes of at least 4 members (excludes halogenated alkanes) is 1. The van der Waals surface area contributed by atoms with Crippen molar-refractivity contribution in [3.8, 4) is 0 Å². The number of hydrogen-bond donors (Lipinski definition) is 0. The molecule has 1 amide bonds. The van der Waals surface area contributed by atoms with E-state index in [1.165, 1.54) is 0 Å². The molecule has 0 radical (unpaired) electrons. The average Bonchev–Trinajstić information content (AvgIpc) is 2.77. The zero-order chi connectivity index (χ0) is 22.4. The monoisotopic (exact) mass is 437 g/mol. The van der Waals surface area contributed by atoms with E-state index < -0.39 is 5.54 Å².